The van der Waals surface area contributed by atoms with Crippen molar-refractivity contribution in [2.24, 2.45) is 0 Å². The number of hydrogen-bond acceptors (Lipinski definition) is 3. The van der Waals surface area contributed by atoms with Crippen molar-refractivity contribution >= 4 is 5.91 Å². The summed E-state index contributed by atoms with van der Waals surface area (Å²) in [7, 11) is 0. The summed E-state index contributed by atoms with van der Waals surface area (Å²) in [4.78, 5) is 12.5. The molecule has 0 rings (SSSR count). The van der Waals surface area contributed by atoms with Gasteiger partial charge in [0, 0.05) is 6.42 Å². The highest BCUT2D eigenvalue weighted by Gasteiger charge is 2.18. The maximum atomic E-state index is 12.5. The molecule has 0 spiro atoms. The van der Waals surface area contributed by atoms with E-state index >= 15 is 0 Å². The van der Waals surface area contributed by atoms with Crippen LogP contribution in [-0.2, 0) is 4.79 Å². The second-order valence-corrected chi connectivity index (χ2v) is 20.1. The average molecular weight is 899 g/mol. The normalized spacial score (nSPS) is 13.0. The first-order valence-electron chi connectivity index (χ1n) is 29.2. The summed E-state index contributed by atoms with van der Waals surface area (Å²) < 4.78 is 0. The predicted octanol–water partition coefficient (Wildman–Crippen LogP) is 19.3. The van der Waals surface area contributed by atoms with E-state index in [-0.39, 0.29) is 12.5 Å². The van der Waals surface area contributed by atoms with Gasteiger partial charge in [0.2, 0.25) is 5.91 Å². The molecule has 4 nitrogen and oxygen atoms in total. The second kappa shape index (κ2) is 55.9. The van der Waals surface area contributed by atoms with Gasteiger partial charge in [0.15, 0.2) is 0 Å². The molecule has 0 bridgehead atoms. The number of amides is 1. The van der Waals surface area contributed by atoms with Crippen molar-refractivity contribution in [1.82, 2.24) is 5.32 Å². The largest absolute Gasteiger partial charge is 0.394 e. The van der Waals surface area contributed by atoms with Gasteiger partial charge in [-0.05, 0) is 57.8 Å². The molecule has 0 radical (unpaired) electrons. The van der Waals surface area contributed by atoms with Crippen LogP contribution >= 0.6 is 0 Å². The number of carbonyl (C=O) groups is 1. The molecule has 0 fully saturated rings. The Morgan fingerprint density at radius 3 is 0.906 bits per heavy atom. The molecule has 0 saturated heterocycles. The third-order valence-corrected chi connectivity index (χ3v) is 13.6. The van der Waals surface area contributed by atoms with Crippen LogP contribution in [0.2, 0.25) is 0 Å². The number of aliphatic hydroxyl groups is 2. The summed E-state index contributed by atoms with van der Waals surface area (Å²) in [5.41, 5.74) is 0. The molecule has 0 aromatic carbocycles. The Hall–Kier alpha value is -1.39. The number of hydrogen-bond donors (Lipinski definition) is 3. The molecular formula is C60H115NO3. The third kappa shape index (κ3) is 51.6. The Kier molecular flexibility index (Phi) is 54.7. The van der Waals surface area contributed by atoms with E-state index in [1.54, 1.807) is 6.08 Å². The Balaban J connectivity index is 3.49. The van der Waals surface area contributed by atoms with Gasteiger partial charge in [0.1, 0.15) is 0 Å². The van der Waals surface area contributed by atoms with Crippen molar-refractivity contribution in [3.05, 3.63) is 36.5 Å². The molecule has 0 aromatic rings. The van der Waals surface area contributed by atoms with Crippen LogP contribution in [-0.4, -0.2) is 34.9 Å². The minimum Gasteiger partial charge on any atom is -0.394 e. The van der Waals surface area contributed by atoms with Gasteiger partial charge in [0.25, 0.3) is 0 Å². The Morgan fingerprint density at radius 1 is 0.359 bits per heavy atom. The molecule has 2 unspecified atom stereocenters. The van der Waals surface area contributed by atoms with E-state index in [0.717, 1.165) is 32.1 Å². The van der Waals surface area contributed by atoms with Crippen LogP contribution in [0.5, 0.6) is 0 Å². The molecule has 0 aromatic heterocycles. The van der Waals surface area contributed by atoms with E-state index in [2.05, 4.69) is 43.5 Å². The smallest absolute Gasteiger partial charge is 0.220 e. The number of carbonyl (C=O) groups excluding carboxylic acids is 1. The summed E-state index contributed by atoms with van der Waals surface area (Å²) in [6, 6.07) is -0.639. The van der Waals surface area contributed by atoms with Crippen molar-refractivity contribution in [1.29, 1.82) is 0 Å². The van der Waals surface area contributed by atoms with Crippen molar-refractivity contribution in [2.75, 3.05) is 6.61 Å². The third-order valence-electron chi connectivity index (χ3n) is 13.6. The van der Waals surface area contributed by atoms with E-state index in [1.165, 1.54) is 270 Å². The van der Waals surface area contributed by atoms with Gasteiger partial charge >= 0.3 is 0 Å². The number of nitrogens with one attached hydrogen (secondary N) is 1. The molecule has 2 atom stereocenters. The van der Waals surface area contributed by atoms with E-state index in [9.17, 15) is 15.0 Å². The van der Waals surface area contributed by atoms with Crippen LogP contribution in [0, 0.1) is 0 Å². The topological polar surface area (TPSA) is 69.6 Å². The molecule has 0 aliphatic carbocycles. The summed E-state index contributed by atoms with van der Waals surface area (Å²) in [5, 5.41) is 23.2. The lowest BCUT2D eigenvalue weighted by Gasteiger charge is -2.19. The molecule has 0 heterocycles. The van der Waals surface area contributed by atoms with E-state index in [1.807, 2.05) is 6.08 Å². The fourth-order valence-corrected chi connectivity index (χ4v) is 9.13. The maximum Gasteiger partial charge on any atom is 0.220 e. The van der Waals surface area contributed by atoms with Gasteiger partial charge < -0.3 is 15.5 Å². The molecular weight excluding hydrogens is 783 g/mol. The second-order valence-electron chi connectivity index (χ2n) is 20.1. The van der Waals surface area contributed by atoms with E-state index in [4.69, 9.17) is 0 Å². The molecule has 1 amide bonds. The van der Waals surface area contributed by atoms with Gasteiger partial charge in [-0.1, -0.05) is 294 Å². The average Bonchev–Trinajstić information content (AvgIpc) is 3.30. The fourth-order valence-electron chi connectivity index (χ4n) is 9.13. The highest BCUT2D eigenvalue weighted by Crippen LogP contribution is 2.17. The van der Waals surface area contributed by atoms with Crippen molar-refractivity contribution in [2.45, 2.75) is 334 Å². The monoisotopic (exact) mass is 898 g/mol. The Bertz CT molecular complexity index is 974. The van der Waals surface area contributed by atoms with Crippen molar-refractivity contribution in [3.63, 3.8) is 0 Å². The van der Waals surface area contributed by atoms with Gasteiger partial charge in [-0.15, -0.1) is 0 Å². The molecule has 3 N–H and O–H groups in total. The molecule has 378 valence electrons. The van der Waals surface area contributed by atoms with Crippen LogP contribution in [0.3, 0.4) is 0 Å². The first-order valence-corrected chi connectivity index (χ1v) is 29.2. The number of allylic oxidation sites excluding steroid dienone is 5. The van der Waals surface area contributed by atoms with Crippen molar-refractivity contribution < 1.29 is 15.0 Å². The van der Waals surface area contributed by atoms with Gasteiger partial charge in [0.05, 0.1) is 18.8 Å². The van der Waals surface area contributed by atoms with Crippen molar-refractivity contribution in [3.8, 4) is 0 Å². The first-order chi connectivity index (χ1) is 31.7. The quantitative estimate of drug-likeness (QED) is 0.0421. The van der Waals surface area contributed by atoms with Gasteiger partial charge in [-0.2, -0.15) is 0 Å². The molecule has 0 saturated carbocycles. The molecule has 4 heteroatoms. The lowest BCUT2D eigenvalue weighted by Crippen LogP contribution is -2.45. The summed E-state index contributed by atoms with van der Waals surface area (Å²) in [6.07, 6.45) is 76.1. The lowest BCUT2D eigenvalue weighted by atomic mass is 10.0. The summed E-state index contributed by atoms with van der Waals surface area (Å²) in [6.45, 7) is 4.33. The number of aliphatic hydroxyl groups excluding tert-OH is 2. The maximum absolute atomic E-state index is 12.5. The minimum atomic E-state index is -0.862. The van der Waals surface area contributed by atoms with Crippen LogP contribution in [0.25, 0.3) is 0 Å². The summed E-state index contributed by atoms with van der Waals surface area (Å²) >= 11 is 0. The Labute approximate surface area is 402 Å². The SMILES string of the molecule is CCCCCCCCCCCCCC/C=C\CCCCCCCCCCCCCCCCC(=O)NC(CO)C(O)/C=C/CC/C=C/CCCCCCCCCCCCCCCCCC. The summed E-state index contributed by atoms with van der Waals surface area (Å²) in [5.74, 6) is -0.0689. The van der Waals surface area contributed by atoms with Crippen LogP contribution in [0.1, 0.15) is 322 Å². The zero-order valence-corrected chi connectivity index (χ0v) is 43.6. The van der Waals surface area contributed by atoms with Crippen LogP contribution < -0.4 is 5.32 Å². The molecule has 0 aliphatic rings. The number of rotatable bonds is 54. The Morgan fingerprint density at radius 2 is 0.609 bits per heavy atom. The zero-order valence-electron chi connectivity index (χ0n) is 43.6. The highest BCUT2D eigenvalue weighted by atomic mass is 16.3. The van der Waals surface area contributed by atoms with E-state index in [0.29, 0.717) is 6.42 Å². The fraction of sp³-hybridized carbons (Fsp3) is 0.883. The predicted molar refractivity (Wildman–Crippen MR) is 285 cm³/mol. The van der Waals surface area contributed by atoms with E-state index < -0.39 is 12.1 Å². The van der Waals surface area contributed by atoms with Gasteiger partial charge in [-0.25, -0.2) is 0 Å². The van der Waals surface area contributed by atoms with Gasteiger partial charge in [-0.3, -0.25) is 4.79 Å². The highest BCUT2D eigenvalue weighted by molar-refractivity contribution is 5.76. The standard InChI is InChI=1S/C60H115NO3/c1-3-5-7-9-11-13-15-17-19-21-23-25-27-28-29-30-31-32-33-34-36-38-40-42-44-46-48-50-52-54-56-60(64)61-58(57-62)59(63)55-53-51-49-47-45-43-41-39-37-35-26-24-22-20-18-16-14-12-10-8-6-4-2/h28-29,45,47,53,55,58-59,62-63H,3-27,30-44,46,48-52,54,56-57H2,1-2H3,(H,61,64)/b29-28-,47-45+,55-53+. The molecule has 0 aliphatic heterocycles. The zero-order chi connectivity index (χ0) is 46.3. The minimum absolute atomic E-state index is 0.0689. The number of unbranched alkanes of at least 4 members (excludes halogenated alkanes) is 43. The molecule has 64 heavy (non-hydrogen) atoms. The van der Waals surface area contributed by atoms with Crippen LogP contribution in [0.4, 0.5) is 0 Å². The first kappa shape index (κ1) is 62.6. The lowest BCUT2D eigenvalue weighted by molar-refractivity contribution is -0.123. The van der Waals surface area contributed by atoms with Crippen LogP contribution in [0.15, 0.2) is 36.5 Å².